The molecule has 0 unspecified atom stereocenters. The number of amides is 1. The predicted octanol–water partition coefficient (Wildman–Crippen LogP) is 6.36. The summed E-state index contributed by atoms with van der Waals surface area (Å²) in [5, 5.41) is 8.55. The number of carbonyl (C=O) groups is 1. The van der Waals surface area contributed by atoms with Crippen molar-refractivity contribution in [1.82, 2.24) is 15.1 Å². The van der Waals surface area contributed by atoms with Gasteiger partial charge in [0.1, 0.15) is 5.82 Å². The Kier molecular flexibility index (Phi) is 6.72. The van der Waals surface area contributed by atoms with Gasteiger partial charge in [-0.3, -0.25) is 4.79 Å². The van der Waals surface area contributed by atoms with E-state index in [9.17, 15) is 4.79 Å². The third-order valence-corrected chi connectivity index (χ3v) is 5.69. The van der Waals surface area contributed by atoms with Crippen LogP contribution in [0.25, 0.3) is 16.9 Å². The third kappa shape index (κ3) is 5.05. The number of nitrogens with zero attached hydrogens (tertiary/aromatic N) is 3. The summed E-state index contributed by atoms with van der Waals surface area (Å²) in [6, 6.07) is 22.8. The fraction of sp³-hybridized carbons (Fsp3) is 0.115. The van der Waals surface area contributed by atoms with Crippen LogP contribution >= 0.6 is 23.2 Å². The van der Waals surface area contributed by atoms with Crippen molar-refractivity contribution in [2.75, 3.05) is 18.5 Å². The molecule has 2 radical (unpaired) electrons. The van der Waals surface area contributed by atoms with Gasteiger partial charge >= 0.3 is 0 Å². The van der Waals surface area contributed by atoms with Gasteiger partial charge in [-0.1, -0.05) is 40.9 Å². The molecule has 33 heavy (non-hydrogen) atoms. The van der Waals surface area contributed by atoms with Gasteiger partial charge in [0.2, 0.25) is 0 Å². The van der Waals surface area contributed by atoms with Crippen molar-refractivity contribution in [3.8, 4) is 16.9 Å². The highest BCUT2D eigenvalue weighted by Crippen LogP contribution is 2.33. The maximum atomic E-state index is 12.0. The van der Waals surface area contributed by atoms with E-state index in [4.69, 9.17) is 35.2 Å². The normalized spacial score (nSPS) is 10.8. The van der Waals surface area contributed by atoms with Gasteiger partial charge in [0, 0.05) is 46.5 Å². The molecule has 0 aliphatic carbocycles. The molecule has 0 saturated heterocycles. The van der Waals surface area contributed by atoms with E-state index in [1.165, 1.54) is 0 Å². The molecule has 0 bridgehead atoms. The van der Waals surface area contributed by atoms with Gasteiger partial charge in [-0.05, 0) is 68.4 Å². The number of nitrogens with one attached hydrogen (secondary N) is 1. The predicted molar refractivity (Wildman–Crippen MR) is 135 cm³/mol. The quantitative estimate of drug-likeness (QED) is 0.352. The number of rotatable bonds is 6. The second-order valence-corrected chi connectivity index (χ2v) is 8.48. The van der Waals surface area contributed by atoms with E-state index < -0.39 is 0 Å². The minimum absolute atomic E-state index is 0.0898. The first-order valence-corrected chi connectivity index (χ1v) is 11.1. The molecule has 0 spiro atoms. The highest BCUT2D eigenvalue weighted by molar-refractivity contribution is 6.35. The largest absolute Gasteiger partial charge is 0.352 e. The highest BCUT2D eigenvalue weighted by atomic mass is 35.5. The second-order valence-electron chi connectivity index (χ2n) is 7.61. The average molecular weight is 477 g/mol. The molecule has 0 aliphatic heterocycles. The molecule has 5 nitrogen and oxygen atoms in total. The van der Waals surface area contributed by atoms with Crippen LogP contribution in [0.15, 0.2) is 72.8 Å². The van der Waals surface area contributed by atoms with Gasteiger partial charge < -0.3 is 10.2 Å². The van der Waals surface area contributed by atoms with Crippen LogP contribution in [0.5, 0.6) is 0 Å². The fourth-order valence-electron chi connectivity index (χ4n) is 3.49. The highest BCUT2D eigenvalue weighted by Gasteiger charge is 2.17. The summed E-state index contributed by atoms with van der Waals surface area (Å²) in [5.74, 6) is 0.626. The van der Waals surface area contributed by atoms with Crippen molar-refractivity contribution in [3.05, 3.63) is 101 Å². The lowest BCUT2D eigenvalue weighted by atomic mass is 10.1. The third-order valence-electron chi connectivity index (χ3n) is 5.25. The zero-order chi connectivity index (χ0) is 23.5. The van der Waals surface area contributed by atoms with Crippen LogP contribution in [0.1, 0.15) is 15.9 Å². The van der Waals surface area contributed by atoms with Crippen molar-refractivity contribution in [1.29, 1.82) is 0 Å². The lowest BCUT2D eigenvalue weighted by Crippen LogP contribution is -2.22. The molecule has 1 heterocycles. The van der Waals surface area contributed by atoms with Crippen LogP contribution in [-0.2, 0) is 0 Å². The van der Waals surface area contributed by atoms with E-state index in [2.05, 4.69) is 5.32 Å². The Morgan fingerprint density at radius 2 is 1.64 bits per heavy atom. The molecule has 0 atom stereocenters. The van der Waals surface area contributed by atoms with Crippen molar-refractivity contribution in [2.45, 2.75) is 6.92 Å². The van der Waals surface area contributed by atoms with Crippen molar-refractivity contribution in [2.24, 2.45) is 0 Å². The zero-order valence-electron chi connectivity index (χ0n) is 18.2. The van der Waals surface area contributed by atoms with Crippen molar-refractivity contribution < 1.29 is 4.79 Å². The summed E-state index contributed by atoms with van der Waals surface area (Å²) in [6.45, 7) is 7.54. The van der Waals surface area contributed by atoms with E-state index in [0.717, 1.165) is 34.0 Å². The molecule has 1 aromatic heterocycles. The Labute approximate surface area is 203 Å². The van der Waals surface area contributed by atoms with E-state index in [-0.39, 0.29) is 12.5 Å². The summed E-state index contributed by atoms with van der Waals surface area (Å²) >= 11 is 12.5. The standard InChI is InChI=1S/C26H22Cl2N4O/c1-4-29-26(33)18-7-11-22(12-8-18)31(3)25-16-24(19-13-20(27)15-21(28)14-19)30-32(25)23-9-5-17(2)6-10-23/h1,5-16H,4H2,2-3H3,(H,29,33). The molecular weight excluding hydrogens is 455 g/mol. The van der Waals surface area contributed by atoms with Crippen LogP contribution in [0, 0.1) is 13.8 Å². The lowest BCUT2D eigenvalue weighted by molar-refractivity contribution is 0.0958. The molecule has 166 valence electrons. The topological polar surface area (TPSA) is 50.2 Å². The van der Waals surface area contributed by atoms with Crippen LogP contribution in [-0.4, -0.2) is 29.3 Å². The van der Waals surface area contributed by atoms with Gasteiger partial charge in [-0.2, -0.15) is 5.10 Å². The first-order valence-electron chi connectivity index (χ1n) is 10.3. The molecule has 4 aromatic rings. The molecule has 3 aromatic carbocycles. The number of aromatic nitrogens is 2. The first kappa shape index (κ1) is 22.9. The summed E-state index contributed by atoms with van der Waals surface area (Å²) in [6.07, 6.45) is 0. The minimum atomic E-state index is -0.212. The van der Waals surface area contributed by atoms with Crippen molar-refractivity contribution >= 4 is 40.6 Å². The van der Waals surface area contributed by atoms with Gasteiger partial charge in [-0.25, -0.2) is 4.68 Å². The Morgan fingerprint density at radius 1 is 1.00 bits per heavy atom. The molecule has 0 aliphatic rings. The lowest BCUT2D eigenvalue weighted by Gasteiger charge is -2.20. The maximum absolute atomic E-state index is 12.0. The Hall–Kier alpha value is -3.28. The summed E-state index contributed by atoms with van der Waals surface area (Å²) in [5.41, 5.74) is 5.07. The minimum Gasteiger partial charge on any atom is -0.352 e. The fourth-order valence-corrected chi connectivity index (χ4v) is 4.02. The molecule has 1 amide bonds. The zero-order valence-corrected chi connectivity index (χ0v) is 19.7. The van der Waals surface area contributed by atoms with Gasteiger partial charge in [0.15, 0.2) is 0 Å². The Bertz CT molecular complexity index is 1260. The van der Waals surface area contributed by atoms with Crippen LogP contribution < -0.4 is 10.2 Å². The van der Waals surface area contributed by atoms with Crippen LogP contribution in [0.2, 0.25) is 10.0 Å². The number of anilines is 2. The summed E-state index contributed by atoms with van der Waals surface area (Å²) in [4.78, 5) is 14.0. The number of halogens is 2. The number of aryl methyl sites for hydroxylation is 1. The molecule has 7 heteroatoms. The number of hydrogen-bond donors (Lipinski definition) is 1. The van der Waals surface area contributed by atoms with Gasteiger partial charge in [0.25, 0.3) is 5.91 Å². The Balaban J connectivity index is 1.77. The van der Waals surface area contributed by atoms with E-state index >= 15 is 0 Å². The smallest absolute Gasteiger partial charge is 0.251 e. The maximum Gasteiger partial charge on any atom is 0.251 e. The molecule has 1 N–H and O–H groups in total. The number of carbonyl (C=O) groups excluding carboxylic acids is 1. The second kappa shape index (κ2) is 9.69. The number of hydrogen-bond acceptors (Lipinski definition) is 3. The van der Waals surface area contributed by atoms with E-state index in [1.54, 1.807) is 18.2 Å². The summed E-state index contributed by atoms with van der Waals surface area (Å²) in [7, 11) is 1.95. The summed E-state index contributed by atoms with van der Waals surface area (Å²) < 4.78 is 1.87. The molecule has 4 rings (SSSR count). The van der Waals surface area contributed by atoms with Crippen molar-refractivity contribution in [3.63, 3.8) is 0 Å². The van der Waals surface area contributed by atoms with Gasteiger partial charge in [0.05, 0.1) is 11.4 Å². The SMILES string of the molecule is [CH]CNC(=O)c1ccc(N(C)c2cc(-c3cc(Cl)cc(Cl)c3)nn2-c2ccc(C)cc2)cc1. The van der Waals surface area contributed by atoms with Gasteiger partial charge in [-0.15, -0.1) is 0 Å². The average Bonchev–Trinajstić information content (AvgIpc) is 3.24. The van der Waals surface area contributed by atoms with Crippen LogP contribution in [0.4, 0.5) is 11.5 Å². The molecule has 0 saturated carbocycles. The monoisotopic (exact) mass is 476 g/mol. The van der Waals surface area contributed by atoms with E-state index in [0.29, 0.717) is 15.6 Å². The van der Waals surface area contributed by atoms with Crippen LogP contribution in [0.3, 0.4) is 0 Å². The Morgan fingerprint density at radius 3 is 2.24 bits per heavy atom. The molecular formula is C26H22Cl2N4O. The van der Waals surface area contributed by atoms with E-state index in [1.807, 2.05) is 78.2 Å². The first-order chi connectivity index (χ1) is 15.9. The molecule has 0 fully saturated rings. The number of benzene rings is 3.